The standard InChI is InChI=1S/C19H19ClN4O2S/c1-13(16-5-3-4-6-17(16)20)22-18(25)11-27-19-23-21-12-24(19)14-7-9-15(26-2)10-8-14/h3-10,12-13H,11H2,1-2H3,(H,22,25). The van der Waals surface area contributed by atoms with Crippen molar-refractivity contribution in [2.75, 3.05) is 12.9 Å². The van der Waals surface area contributed by atoms with Crippen LogP contribution < -0.4 is 10.1 Å². The lowest BCUT2D eigenvalue weighted by Crippen LogP contribution is -2.28. The highest BCUT2D eigenvalue weighted by molar-refractivity contribution is 7.99. The van der Waals surface area contributed by atoms with Crippen molar-refractivity contribution < 1.29 is 9.53 Å². The molecule has 0 radical (unpaired) electrons. The Labute approximate surface area is 166 Å². The maximum atomic E-state index is 12.3. The zero-order valence-electron chi connectivity index (χ0n) is 14.9. The number of aromatic nitrogens is 3. The smallest absolute Gasteiger partial charge is 0.230 e. The van der Waals surface area contributed by atoms with Gasteiger partial charge in [0, 0.05) is 10.7 Å². The third-order valence-electron chi connectivity index (χ3n) is 3.95. The first-order chi connectivity index (χ1) is 13.1. The molecule has 1 N–H and O–H groups in total. The second-order valence-corrected chi connectivity index (χ2v) is 7.13. The van der Waals surface area contributed by atoms with Crippen LogP contribution in [0.5, 0.6) is 5.75 Å². The summed E-state index contributed by atoms with van der Waals surface area (Å²) in [4.78, 5) is 12.3. The summed E-state index contributed by atoms with van der Waals surface area (Å²) in [6.45, 7) is 1.91. The van der Waals surface area contributed by atoms with Gasteiger partial charge in [0.1, 0.15) is 12.1 Å². The number of carbonyl (C=O) groups is 1. The van der Waals surface area contributed by atoms with Crippen molar-refractivity contribution in [2.45, 2.75) is 18.1 Å². The Hall–Kier alpha value is -2.51. The lowest BCUT2D eigenvalue weighted by molar-refractivity contribution is -0.119. The van der Waals surface area contributed by atoms with Crippen LogP contribution >= 0.6 is 23.4 Å². The molecule has 0 aliphatic rings. The predicted molar refractivity (Wildman–Crippen MR) is 107 cm³/mol. The van der Waals surface area contributed by atoms with Crippen molar-refractivity contribution in [3.8, 4) is 11.4 Å². The summed E-state index contributed by atoms with van der Waals surface area (Å²) < 4.78 is 7.00. The van der Waals surface area contributed by atoms with Crippen LogP contribution in [0.1, 0.15) is 18.5 Å². The molecule has 0 saturated carbocycles. The number of halogens is 1. The van der Waals surface area contributed by atoms with E-state index in [-0.39, 0.29) is 17.7 Å². The van der Waals surface area contributed by atoms with Crippen molar-refractivity contribution in [3.63, 3.8) is 0 Å². The minimum absolute atomic E-state index is 0.100. The van der Waals surface area contributed by atoms with Crippen molar-refractivity contribution in [3.05, 3.63) is 65.4 Å². The highest BCUT2D eigenvalue weighted by Crippen LogP contribution is 2.24. The largest absolute Gasteiger partial charge is 0.497 e. The van der Waals surface area contributed by atoms with Gasteiger partial charge in [0.2, 0.25) is 5.91 Å². The van der Waals surface area contributed by atoms with Crippen molar-refractivity contribution in [1.29, 1.82) is 0 Å². The number of rotatable bonds is 7. The van der Waals surface area contributed by atoms with E-state index in [0.717, 1.165) is 17.0 Å². The number of methoxy groups -OCH3 is 1. The summed E-state index contributed by atoms with van der Waals surface area (Å²) >= 11 is 7.51. The molecule has 2 aromatic carbocycles. The molecule has 6 nitrogen and oxygen atoms in total. The molecule has 3 rings (SSSR count). The quantitative estimate of drug-likeness (QED) is 0.607. The number of carbonyl (C=O) groups excluding carboxylic acids is 1. The Balaban J connectivity index is 1.61. The van der Waals surface area contributed by atoms with Crippen LogP contribution in [0.25, 0.3) is 5.69 Å². The summed E-state index contributed by atoms with van der Waals surface area (Å²) in [7, 11) is 1.62. The van der Waals surface area contributed by atoms with Crippen LogP contribution in [0.15, 0.2) is 60.0 Å². The maximum Gasteiger partial charge on any atom is 0.230 e. The van der Waals surface area contributed by atoms with Crippen LogP contribution in [0.4, 0.5) is 0 Å². The number of hydrogen-bond donors (Lipinski definition) is 1. The summed E-state index contributed by atoms with van der Waals surface area (Å²) in [6, 6.07) is 14.8. The van der Waals surface area contributed by atoms with Crippen LogP contribution in [0.3, 0.4) is 0 Å². The van der Waals surface area contributed by atoms with E-state index in [2.05, 4.69) is 15.5 Å². The topological polar surface area (TPSA) is 69.0 Å². The molecule has 0 saturated heterocycles. The zero-order valence-corrected chi connectivity index (χ0v) is 16.5. The molecule has 8 heteroatoms. The first-order valence-electron chi connectivity index (χ1n) is 8.29. The summed E-state index contributed by atoms with van der Waals surface area (Å²) in [5, 5.41) is 12.3. The number of thioether (sulfide) groups is 1. The molecule has 27 heavy (non-hydrogen) atoms. The van der Waals surface area contributed by atoms with E-state index in [9.17, 15) is 4.79 Å². The Morgan fingerprint density at radius 2 is 2.00 bits per heavy atom. The Morgan fingerprint density at radius 3 is 2.70 bits per heavy atom. The second-order valence-electron chi connectivity index (χ2n) is 5.78. The number of nitrogens with one attached hydrogen (secondary N) is 1. The molecule has 140 valence electrons. The molecule has 1 unspecified atom stereocenters. The van der Waals surface area contributed by atoms with Gasteiger partial charge < -0.3 is 10.1 Å². The van der Waals surface area contributed by atoms with Gasteiger partial charge >= 0.3 is 0 Å². The fourth-order valence-electron chi connectivity index (χ4n) is 2.56. The van der Waals surface area contributed by atoms with Gasteiger partial charge in [-0.1, -0.05) is 41.6 Å². The van der Waals surface area contributed by atoms with Gasteiger partial charge in [0.25, 0.3) is 0 Å². The van der Waals surface area contributed by atoms with E-state index in [1.807, 2.05) is 60.0 Å². The SMILES string of the molecule is COc1ccc(-n2cnnc2SCC(=O)NC(C)c2ccccc2Cl)cc1. The second kappa shape index (κ2) is 8.92. The molecule has 1 aromatic heterocycles. The molecule has 1 amide bonds. The molecule has 1 atom stereocenters. The van der Waals surface area contributed by atoms with Crippen LogP contribution in [0, 0.1) is 0 Å². The average Bonchev–Trinajstić information content (AvgIpc) is 3.15. The van der Waals surface area contributed by atoms with Crippen LogP contribution in [0.2, 0.25) is 5.02 Å². The number of amides is 1. The van der Waals surface area contributed by atoms with Gasteiger partial charge in [-0.05, 0) is 42.8 Å². The van der Waals surface area contributed by atoms with Gasteiger partial charge in [0.05, 0.1) is 18.9 Å². The van der Waals surface area contributed by atoms with E-state index < -0.39 is 0 Å². The van der Waals surface area contributed by atoms with Crippen molar-refractivity contribution in [1.82, 2.24) is 20.1 Å². The molecule has 1 heterocycles. The molecule has 0 fully saturated rings. The monoisotopic (exact) mass is 402 g/mol. The molecule has 0 bridgehead atoms. The normalized spacial score (nSPS) is 11.8. The van der Waals surface area contributed by atoms with Gasteiger partial charge in [-0.3, -0.25) is 9.36 Å². The van der Waals surface area contributed by atoms with Gasteiger partial charge in [0.15, 0.2) is 5.16 Å². The van der Waals surface area contributed by atoms with Gasteiger partial charge in [-0.15, -0.1) is 10.2 Å². The molecule has 0 aliphatic carbocycles. The number of hydrogen-bond acceptors (Lipinski definition) is 5. The minimum atomic E-state index is -0.175. The Morgan fingerprint density at radius 1 is 1.26 bits per heavy atom. The van der Waals surface area contributed by atoms with Gasteiger partial charge in [-0.25, -0.2) is 0 Å². The van der Waals surface area contributed by atoms with Gasteiger partial charge in [-0.2, -0.15) is 0 Å². The third kappa shape index (κ3) is 4.81. The third-order valence-corrected chi connectivity index (χ3v) is 5.24. The summed E-state index contributed by atoms with van der Waals surface area (Å²) in [5.41, 5.74) is 1.78. The van der Waals surface area contributed by atoms with Crippen LogP contribution in [-0.4, -0.2) is 33.5 Å². The molecule has 0 spiro atoms. The van der Waals surface area contributed by atoms with E-state index in [4.69, 9.17) is 16.3 Å². The summed E-state index contributed by atoms with van der Waals surface area (Å²) in [5.74, 6) is 0.898. The van der Waals surface area contributed by atoms with Crippen LogP contribution in [-0.2, 0) is 4.79 Å². The maximum absolute atomic E-state index is 12.3. The lowest BCUT2D eigenvalue weighted by atomic mass is 10.1. The van der Waals surface area contributed by atoms with E-state index in [1.165, 1.54) is 11.8 Å². The highest BCUT2D eigenvalue weighted by Gasteiger charge is 2.14. The number of benzene rings is 2. The number of ether oxygens (including phenoxy) is 1. The highest BCUT2D eigenvalue weighted by atomic mass is 35.5. The fraction of sp³-hybridized carbons (Fsp3) is 0.211. The average molecular weight is 403 g/mol. The number of nitrogens with zero attached hydrogens (tertiary/aromatic N) is 3. The Kier molecular flexibility index (Phi) is 6.36. The van der Waals surface area contributed by atoms with Crippen molar-refractivity contribution in [2.24, 2.45) is 0 Å². The van der Waals surface area contributed by atoms with E-state index >= 15 is 0 Å². The first-order valence-corrected chi connectivity index (χ1v) is 9.66. The molecular weight excluding hydrogens is 384 g/mol. The molecular formula is C19H19ClN4O2S. The zero-order chi connectivity index (χ0) is 19.2. The molecule has 0 aliphatic heterocycles. The summed E-state index contributed by atoms with van der Waals surface area (Å²) in [6.07, 6.45) is 1.62. The lowest BCUT2D eigenvalue weighted by Gasteiger charge is -2.15. The minimum Gasteiger partial charge on any atom is -0.497 e. The first kappa shape index (κ1) is 19.3. The fourth-order valence-corrected chi connectivity index (χ4v) is 3.60. The Bertz CT molecular complexity index is 914. The van der Waals surface area contributed by atoms with E-state index in [1.54, 1.807) is 13.4 Å². The van der Waals surface area contributed by atoms with Crippen molar-refractivity contribution >= 4 is 29.3 Å². The predicted octanol–water partition coefficient (Wildman–Crippen LogP) is 3.90. The molecule has 3 aromatic rings. The van der Waals surface area contributed by atoms with E-state index in [0.29, 0.717) is 10.2 Å².